The lowest BCUT2D eigenvalue weighted by atomic mass is 10.2. The van der Waals surface area contributed by atoms with Crippen LogP contribution in [0, 0.1) is 0 Å². The van der Waals surface area contributed by atoms with Crippen molar-refractivity contribution in [3.63, 3.8) is 0 Å². The minimum Gasteiger partial charge on any atom is -0.462 e. The van der Waals surface area contributed by atoms with E-state index in [1.807, 2.05) is 0 Å². The molecule has 0 bridgehead atoms. The number of nitrogens with zero attached hydrogens (tertiary/aromatic N) is 3. The van der Waals surface area contributed by atoms with Crippen LogP contribution in [0.25, 0.3) is 0 Å². The van der Waals surface area contributed by atoms with E-state index < -0.39 is 6.04 Å². The van der Waals surface area contributed by atoms with Crippen LogP contribution in [0.4, 0.5) is 5.69 Å². The fourth-order valence-corrected chi connectivity index (χ4v) is 1.34. The lowest BCUT2D eigenvalue weighted by Crippen LogP contribution is -2.36. The third-order valence-electron chi connectivity index (χ3n) is 2.38. The topological polar surface area (TPSA) is 97.3 Å². The summed E-state index contributed by atoms with van der Waals surface area (Å²) < 4.78 is 4.86. The van der Waals surface area contributed by atoms with Gasteiger partial charge in [-0.05, 0) is 38.1 Å². The minimum absolute atomic E-state index is 0.324. The average molecular weight is 278 g/mol. The molecule has 0 aromatic heterocycles. The number of nitrogens with two attached hydrogens (primary N) is 1. The molecule has 7 heteroatoms. The highest BCUT2D eigenvalue weighted by Gasteiger charge is 2.12. The molecule has 0 fully saturated rings. The Morgan fingerprint density at radius 1 is 1.35 bits per heavy atom. The number of hydrogen-bond donors (Lipinski definition) is 1. The Labute approximate surface area is 117 Å². The lowest BCUT2D eigenvalue weighted by molar-refractivity contribution is -0.131. The standard InChI is InChI=1S/C13H18N4O3/c1-4-20-13(19)10-5-7-11(8-6-10)15-16-17(3)12(18)9(2)14/h5-9H,4,14H2,1-3H3. The van der Waals surface area contributed by atoms with Crippen molar-refractivity contribution in [2.24, 2.45) is 16.1 Å². The highest BCUT2D eigenvalue weighted by Crippen LogP contribution is 2.14. The number of hydrogen-bond acceptors (Lipinski definition) is 6. The number of rotatable bonds is 5. The van der Waals surface area contributed by atoms with Gasteiger partial charge in [0.15, 0.2) is 0 Å². The van der Waals surface area contributed by atoms with Gasteiger partial charge in [0, 0.05) is 7.05 Å². The van der Waals surface area contributed by atoms with Gasteiger partial charge in [0.1, 0.15) is 0 Å². The lowest BCUT2D eigenvalue weighted by Gasteiger charge is -2.11. The summed E-state index contributed by atoms with van der Waals surface area (Å²) >= 11 is 0. The summed E-state index contributed by atoms with van der Waals surface area (Å²) in [5.74, 6) is -0.725. The van der Waals surface area contributed by atoms with Gasteiger partial charge in [0.25, 0.3) is 5.91 Å². The van der Waals surface area contributed by atoms with E-state index in [1.54, 1.807) is 38.1 Å². The Morgan fingerprint density at radius 2 is 1.95 bits per heavy atom. The van der Waals surface area contributed by atoms with E-state index in [1.165, 1.54) is 7.05 Å². The maximum absolute atomic E-state index is 11.5. The number of benzene rings is 1. The molecule has 1 aromatic rings. The SMILES string of the molecule is CCOC(=O)c1ccc(N=NN(C)C(=O)C(C)N)cc1. The molecule has 1 unspecified atom stereocenters. The van der Waals surface area contributed by atoms with Gasteiger partial charge in [0.2, 0.25) is 0 Å². The van der Waals surface area contributed by atoms with E-state index in [4.69, 9.17) is 10.5 Å². The largest absolute Gasteiger partial charge is 0.462 e. The zero-order valence-electron chi connectivity index (χ0n) is 11.7. The van der Waals surface area contributed by atoms with E-state index in [0.29, 0.717) is 17.9 Å². The molecule has 0 spiro atoms. The van der Waals surface area contributed by atoms with Gasteiger partial charge in [-0.2, -0.15) is 0 Å². The first-order chi connectivity index (χ1) is 9.45. The molecule has 108 valence electrons. The Hall–Kier alpha value is -2.28. The number of esters is 1. The molecule has 2 N–H and O–H groups in total. The highest BCUT2D eigenvalue weighted by atomic mass is 16.5. The molecule has 7 nitrogen and oxygen atoms in total. The summed E-state index contributed by atoms with van der Waals surface area (Å²) in [7, 11) is 1.47. The van der Waals surface area contributed by atoms with Gasteiger partial charge in [-0.1, -0.05) is 5.22 Å². The number of carbonyl (C=O) groups excluding carboxylic acids is 2. The second-order valence-electron chi connectivity index (χ2n) is 4.11. The van der Waals surface area contributed by atoms with Gasteiger partial charge in [0.05, 0.1) is 23.9 Å². The van der Waals surface area contributed by atoms with Crippen LogP contribution < -0.4 is 5.73 Å². The van der Waals surface area contributed by atoms with Gasteiger partial charge < -0.3 is 10.5 Å². The van der Waals surface area contributed by atoms with Crippen molar-refractivity contribution < 1.29 is 14.3 Å². The summed E-state index contributed by atoms with van der Waals surface area (Å²) in [4.78, 5) is 22.9. The third kappa shape index (κ3) is 4.43. The molecule has 0 aliphatic carbocycles. The van der Waals surface area contributed by atoms with Crippen molar-refractivity contribution in [2.45, 2.75) is 19.9 Å². The van der Waals surface area contributed by atoms with Crippen LogP contribution in [0.15, 0.2) is 34.6 Å². The molecular weight excluding hydrogens is 260 g/mol. The molecule has 1 rings (SSSR count). The third-order valence-corrected chi connectivity index (χ3v) is 2.38. The first-order valence-corrected chi connectivity index (χ1v) is 6.17. The van der Waals surface area contributed by atoms with Crippen molar-refractivity contribution in [1.29, 1.82) is 0 Å². The van der Waals surface area contributed by atoms with Crippen LogP contribution in [0.3, 0.4) is 0 Å². The minimum atomic E-state index is -0.634. The van der Waals surface area contributed by atoms with Crippen molar-refractivity contribution in [1.82, 2.24) is 5.01 Å². The summed E-state index contributed by atoms with van der Waals surface area (Å²) in [5, 5.41) is 8.69. The smallest absolute Gasteiger partial charge is 0.338 e. The van der Waals surface area contributed by atoms with E-state index in [2.05, 4.69) is 10.3 Å². The van der Waals surface area contributed by atoms with Gasteiger partial charge in [-0.25, -0.2) is 9.80 Å². The second-order valence-corrected chi connectivity index (χ2v) is 4.11. The Kier molecular flexibility index (Phi) is 5.79. The predicted octanol–water partition coefficient (Wildman–Crippen LogP) is 1.67. The van der Waals surface area contributed by atoms with Crippen molar-refractivity contribution in [2.75, 3.05) is 13.7 Å². The summed E-state index contributed by atoms with van der Waals surface area (Å²) in [5.41, 5.74) is 6.40. The molecule has 0 saturated heterocycles. The maximum atomic E-state index is 11.5. The number of likely N-dealkylation sites (N-methyl/N-ethyl adjacent to an activating group) is 1. The van der Waals surface area contributed by atoms with Gasteiger partial charge in [-0.15, -0.1) is 5.11 Å². The van der Waals surface area contributed by atoms with Crippen molar-refractivity contribution in [3.05, 3.63) is 29.8 Å². The fourth-order valence-electron chi connectivity index (χ4n) is 1.34. The molecule has 1 aromatic carbocycles. The summed E-state index contributed by atoms with van der Waals surface area (Å²) in [6, 6.07) is 5.75. The van der Waals surface area contributed by atoms with Crippen LogP contribution >= 0.6 is 0 Å². The molecule has 0 aliphatic rings. The molecule has 1 amide bonds. The van der Waals surface area contributed by atoms with Gasteiger partial charge >= 0.3 is 5.97 Å². The van der Waals surface area contributed by atoms with Crippen LogP contribution in [0.1, 0.15) is 24.2 Å². The van der Waals surface area contributed by atoms with Crippen LogP contribution in [0.2, 0.25) is 0 Å². The number of carbonyl (C=O) groups is 2. The first-order valence-electron chi connectivity index (χ1n) is 6.17. The Balaban J connectivity index is 2.70. The zero-order chi connectivity index (χ0) is 15.1. The Morgan fingerprint density at radius 3 is 2.45 bits per heavy atom. The van der Waals surface area contributed by atoms with E-state index in [-0.39, 0.29) is 11.9 Å². The maximum Gasteiger partial charge on any atom is 0.338 e. The van der Waals surface area contributed by atoms with Crippen molar-refractivity contribution in [3.8, 4) is 0 Å². The second kappa shape index (κ2) is 7.34. The predicted molar refractivity (Wildman–Crippen MR) is 73.3 cm³/mol. The molecular formula is C13H18N4O3. The molecule has 0 heterocycles. The molecule has 0 aliphatic heterocycles. The summed E-state index contributed by atoms with van der Waals surface area (Å²) in [6.45, 7) is 3.64. The monoisotopic (exact) mass is 278 g/mol. The molecule has 0 radical (unpaired) electrons. The summed E-state index contributed by atoms with van der Waals surface area (Å²) in [6.07, 6.45) is 0. The quantitative estimate of drug-likeness (QED) is 0.503. The number of amides is 1. The van der Waals surface area contributed by atoms with Crippen molar-refractivity contribution >= 4 is 17.6 Å². The normalized spacial score (nSPS) is 12.2. The number of ether oxygens (including phenoxy) is 1. The Bertz CT molecular complexity index is 497. The average Bonchev–Trinajstić information content (AvgIpc) is 2.44. The zero-order valence-corrected chi connectivity index (χ0v) is 11.7. The van der Waals surface area contributed by atoms with E-state index in [9.17, 15) is 9.59 Å². The van der Waals surface area contributed by atoms with Crippen LogP contribution in [0.5, 0.6) is 0 Å². The van der Waals surface area contributed by atoms with Crippen LogP contribution in [-0.2, 0) is 9.53 Å². The first kappa shape index (κ1) is 15.8. The molecule has 0 saturated carbocycles. The highest BCUT2D eigenvalue weighted by molar-refractivity contribution is 5.89. The van der Waals surface area contributed by atoms with E-state index in [0.717, 1.165) is 5.01 Å². The molecule has 1 atom stereocenters. The van der Waals surface area contributed by atoms with Gasteiger partial charge in [-0.3, -0.25) is 4.79 Å². The van der Waals surface area contributed by atoms with E-state index >= 15 is 0 Å². The van der Waals surface area contributed by atoms with Crippen LogP contribution in [-0.4, -0.2) is 36.6 Å². The fraction of sp³-hybridized carbons (Fsp3) is 0.385. The molecule has 20 heavy (non-hydrogen) atoms.